The van der Waals surface area contributed by atoms with Crippen molar-refractivity contribution in [2.24, 2.45) is 0 Å². The van der Waals surface area contributed by atoms with Gasteiger partial charge in [-0.2, -0.15) is 0 Å². The number of unbranched alkanes of at least 4 members (excludes halogenated alkanes) is 1. The van der Waals surface area contributed by atoms with E-state index in [0.29, 0.717) is 6.61 Å². The topological polar surface area (TPSA) is 20.2 Å². The first-order valence-electron chi connectivity index (χ1n) is 3.02. The molecule has 0 unspecified atom stereocenters. The van der Waals surface area contributed by atoms with Gasteiger partial charge in [-0.05, 0) is 6.42 Å². The Labute approximate surface area is 54.7 Å². The molecule has 0 spiro atoms. The van der Waals surface area contributed by atoms with Crippen LogP contribution in [0.4, 0.5) is 0 Å². The zero-order valence-electron chi connectivity index (χ0n) is 6.15. The van der Waals surface area contributed by atoms with Gasteiger partial charge < -0.3 is 5.11 Å². The Hall–Kier alpha value is 0.0249. The molecule has 0 aliphatic heterocycles. The molecule has 3 radical (unpaired) electrons. The van der Waals surface area contributed by atoms with E-state index in [2.05, 4.69) is 6.92 Å². The minimum Gasteiger partial charge on any atom is -0.396 e. The number of hydrogen-bond acceptors (Lipinski definition) is 1. The molecule has 1 N–H and O–H groups in total. The van der Waals surface area contributed by atoms with Crippen molar-refractivity contribution in [3.8, 4) is 0 Å². The first kappa shape index (κ1) is 15.7. The lowest BCUT2D eigenvalue weighted by Crippen LogP contribution is -1.75. The first-order valence-corrected chi connectivity index (χ1v) is 3.02. The van der Waals surface area contributed by atoms with Crippen molar-refractivity contribution >= 4 is 8.41 Å². The second-order valence-electron chi connectivity index (χ2n) is 1.08. The molecule has 49 valence electrons. The Balaban J connectivity index is -0.0000000750. The minimum absolute atomic E-state index is 0. The normalized spacial score (nSPS) is 6.00. The molecule has 0 aromatic carbocycles. The summed E-state index contributed by atoms with van der Waals surface area (Å²) in [4.78, 5) is 0. The second-order valence-corrected chi connectivity index (χ2v) is 1.08. The third-order valence-electron chi connectivity index (χ3n) is 0.512. The second kappa shape index (κ2) is 27.9. The molecule has 0 atom stereocenters. The van der Waals surface area contributed by atoms with Crippen LogP contribution in [0.5, 0.6) is 0 Å². The maximum Gasteiger partial charge on any atom is 0.0430 e. The molecule has 0 fully saturated rings. The third-order valence-corrected chi connectivity index (χ3v) is 0.512. The predicted molar refractivity (Wildman–Crippen MR) is 39.1 cm³/mol. The molecule has 0 saturated heterocycles. The van der Waals surface area contributed by atoms with Crippen LogP contribution in [0.2, 0.25) is 0 Å². The Bertz CT molecular complexity index is 16.0. The van der Waals surface area contributed by atoms with Crippen molar-refractivity contribution in [1.82, 2.24) is 0 Å². The van der Waals surface area contributed by atoms with Crippen molar-refractivity contribution in [3.05, 3.63) is 0 Å². The average molecular weight is 115 g/mol. The summed E-state index contributed by atoms with van der Waals surface area (Å²) in [7, 11) is 0. The zero-order valence-corrected chi connectivity index (χ0v) is 6.15. The fourth-order valence-electron chi connectivity index (χ4n) is 0.158. The van der Waals surface area contributed by atoms with Crippen molar-refractivity contribution in [2.45, 2.75) is 33.6 Å². The summed E-state index contributed by atoms with van der Waals surface area (Å²) in [5.74, 6) is 0. The molecule has 0 aromatic rings. The van der Waals surface area contributed by atoms with Gasteiger partial charge in [0.2, 0.25) is 0 Å². The monoisotopic (exact) mass is 115 g/mol. The number of rotatable bonds is 2. The largest absolute Gasteiger partial charge is 0.396 e. The Kier molecular flexibility index (Phi) is 54.6. The van der Waals surface area contributed by atoms with E-state index in [1.165, 1.54) is 0 Å². The molecule has 2 heteroatoms. The fourth-order valence-corrected chi connectivity index (χ4v) is 0.158. The van der Waals surface area contributed by atoms with E-state index in [9.17, 15) is 0 Å². The van der Waals surface area contributed by atoms with Gasteiger partial charge in [-0.25, -0.2) is 0 Å². The van der Waals surface area contributed by atoms with Crippen LogP contribution in [-0.4, -0.2) is 20.1 Å². The van der Waals surface area contributed by atoms with Gasteiger partial charge in [0.05, 0.1) is 0 Å². The van der Waals surface area contributed by atoms with Crippen molar-refractivity contribution < 1.29 is 5.11 Å². The van der Waals surface area contributed by atoms with Crippen LogP contribution >= 0.6 is 0 Å². The summed E-state index contributed by atoms with van der Waals surface area (Å²) >= 11 is 0. The van der Waals surface area contributed by atoms with Crippen LogP contribution in [0.25, 0.3) is 0 Å². The molecule has 0 aliphatic rings. The number of hydrogen-bond donors (Lipinski definition) is 1. The molecule has 0 amide bonds. The van der Waals surface area contributed by atoms with E-state index in [1.54, 1.807) is 0 Å². The highest BCUT2D eigenvalue weighted by Gasteiger charge is 1.69. The third kappa shape index (κ3) is 37.1. The highest BCUT2D eigenvalue weighted by molar-refractivity contribution is 5.75. The van der Waals surface area contributed by atoms with E-state index in [0.717, 1.165) is 12.8 Å². The van der Waals surface area contributed by atoms with Crippen LogP contribution in [-0.2, 0) is 0 Å². The first-order chi connectivity index (χ1) is 3.41. The smallest absolute Gasteiger partial charge is 0.0430 e. The van der Waals surface area contributed by atoms with Gasteiger partial charge in [0.15, 0.2) is 0 Å². The van der Waals surface area contributed by atoms with E-state index in [-0.39, 0.29) is 8.41 Å². The Morgan fingerprint density at radius 2 is 1.62 bits per heavy atom. The Morgan fingerprint density at radius 3 is 1.62 bits per heavy atom. The van der Waals surface area contributed by atoms with Gasteiger partial charge in [-0.3, -0.25) is 0 Å². The molecule has 0 saturated carbocycles. The quantitative estimate of drug-likeness (QED) is 0.539. The van der Waals surface area contributed by atoms with Crippen molar-refractivity contribution in [1.29, 1.82) is 0 Å². The molecular formula is C6H16BO. The van der Waals surface area contributed by atoms with Crippen LogP contribution in [0.1, 0.15) is 33.6 Å². The van der Waals surface area contributed by atoms with Crippen LogP contribution in [0.15, 0.2) is 0 Å². The fraction of sp³-hybridized carbons (Fsp3) is 1.00. The van der Waals surface area contributed by atoms with E-state index in [1.807, 2.05) is 13.8 Å². The summed E-state index contributed by atoms with van der Waals surface area (Å²) in [6, 6.07) is 0. The average Bonchev–Trinajstić information content (AvgIpc) is 1.75. The standard InChI is InChI=1S/C4H10O.C2H6.B/c1-2-3-4-5;1-2;/h5H,2-4H2,1H3;1-2H3;. The highest BCUT2D eigenvalue weighted by atomic mass is 16.2. The number of aliphatic hydroxyl groups excluding tert-OH is 1. The van der Waals surface area contributed by atoms with Gasteiger partial charge in [0.25, 0.3) is 0 Å². The van der Waals surface area contributed by atoms with Crippen molar-refractivity contribution in [2.75, 3.05) is 6.61 Å². The lowest BCUT2D eigenvalue weighted by atomic mass is 10.4. The molecule has 1 nitrogen and oxygen atoms in total. The lowest BCUT2D eigenvalue weighted by Gasteiger charge is -1.79. The van der Waals surface area contributed by atoms with Gasteiger partial charge >= 0.3 is 0 Å². The zero-order chi connectivity index (χ0) is 6.12. The van der Waals surface area contributed by atoms with Gasteiger partial charge in [-0.15, -0.1) is 0 Å². The lowest BCUT2D eigenvalue weighted by molar-refractivity contribution is 0.287. The minimum atomic E-state index is 0. The summed E-state index contributed by atoms with van der Waals surface area (Å²) < 4.78 is 0. The van der Waals surface area contributed by atoms with Crippen LogP contribution < -0.4 is 0 Å². The maximum atomic E-state index is 8.07. The molecule has 0 heterocycles. The van der Waals surface area contributed by atoms with Gasteiger partial charge in [-0.1, -0.05) is 27.2 Å². The maximum absolute atomic E-state index is 8.07. The highest BCUT2D eigenvalue weighted by Crippen LogP contribution is 1.78. The molecule has 0 bridgehead atoms. The van der Waals surface area contributed by atoms with Crippen molar-refractivity contribution in [3.63, 3.8) is 0 Å². The molecule has 0 rings (SSSR count). The summed E-state index contributed by atoms with van der Waals surface area (Å²) in [5.41, 5.74) is 0. The molecule has 8 heavy (non-hydrogen) atoms. The van der Waals surface area contributed by atoms with E-state index >= 15 is 0 Å². The number of aliphatic hydroxyl groups is 1. The summed E-state index contributed by atoms with van der Waals surface area (Å²) in [6.07, 6.45) is 2.04. The molecular weight excluding hydrogens is 98.9 g/mol. The van der Waals surface area contributed by atoms with E-state index in [4.69, 9.17) is 5.11 Å². The van der Waals surface area contributed by atoms with Gasteiger partial charge in [0, 0.05) is 15.0 Å². The predicted octanol–water partition coefficient (Wildman–Crippen LogP) is 1.42. The van der Waals surface area contributed by atoms with Crippen LogP contribution in [0, 0.1) is 0 Å². The summed E-state index contributed by atoms with van der Waals surface area (Å²) in [5, 5.41) is 8.07. The van der Waals surface area contributed by atoms with Gasteiger partial charge in [0.1, 0.15) is 0 Å². The Morgan fingerprint density at radius 1 is 1.25 bits per heavy atom. The van der Waals surface area contributed by atoms with Crippen LogP contribution in [0.3, 0.4) is 0 Å². The van der Waals surface area contributed by atoms with E-state index < -0.39 is 0 Å². The molecule has 0 aliphatic carbocycles. The summed E-state index contributed by atoms with van der Waals surface area (Å²) in [6.45, 7) is 6.40. The SMILES string of the molecule is CC.CCCCO.[B]. The molecule has 0 aromatic heterocycles.